The lowest BCUT2D eigenvalue weighted by Crippen LogP contribution is -2.24. The summed E-state index contributed by atoms with van der Waals surface area (Å²) < 4.78 is 39.8. The Bertz CT molecular complexity index is 837. The van der Waals surface area contributed by atoms with E-state index >= 15 is 0 Å². The average Bonchev–Trinajstić information content (AvgIpc) is 3.33. The highest BCUT2D eigenvalue weighted by molar-refractivity contribution is 8.00. The van der Waals surface area contributed by atoms with Crippen LogP contribution in [0.2, 0.25) is 5.02 Å². The largest absolute Gasteiger partial charge is 0.416 e. The van der Waals surface area contributed by atoms with Crippen molar-refractivity contribution in [3.05, 3.63) is 34.6 Å². The first-order chi connectivity index (χ1) is 12.2. The van der Waals surface area contributed by atoms with Crippen molar-refractivity contribution in [3.8, 4) is 0 Å². The molecule has 0 spiro atoms. The van der Waals surface area contributed by atoms with Gasteiger partial charge in [0, 0.05) is 5.92 Å². The monoisotopic (exact) mass is 405 g/mol. The first-order valence-corrected chi connectivity index (χ1v) is 8.97. The Balaban J connectivity index is 1.69. The second kappa shape index (κ2) is 6.99. The van der Waals surface area contributed by atoms with Gasteiger partial charge in [-0.2, -0.15) is 13.2 Å². The summed E-state index contributed by atoms with van der Waals surface area (Å²) in [6.07, 6.45) is -2.52. The van der Waals surface area contributed by atoms with E-state index in [9.17, 15) is 18.0 Å². The number of thioether (sulfide) groups is 1. The topological polar surface area (TPSA) is 85.8 Å². The molecule has 3 N–H and O–H groups in total. The molecule has 1 aromatic heterocycles. The lowest BCUT2D eigenvalue weighted by Gasteiger charge is -2.14. The van der Waals surface area contributed by atoms with E-state index in [0.717, 1.165) is 42.8 Å². The van der Waals surface area contributed by atoms with Crippen molar-refractivity contribution in [2.75, 3.05) is 11.2 Å². The third kappa shape index (κ3) is 4.07. The molecule has 11 heteroatoms. The van der Waals surface area contributed by atoms with Crippen LogP contribution in [0.1, 0.15) is 37.1 Å². The van der Waals surface area contributed by atoms with E-state index in [1.165, 1.54) is 4.68 Å². The maximum atomic E-state index is 12.8. The van der Waals surface area contributed by atoms with E-state index in [-0.39, 0.29) is 10.7 Å². The van der Waals surface area contributed by atoms with E-state index in [4.69, 9.17) is 17.4 Å². The minimum atomic E-state index is -4.53. The molecule has 1 aliphatic carbocycles. The fourth-order valence-corrected chi connectivity index (χ4v) is 3.17. The molecule has 140 valence electrons. The predicted molar refractivity (Wildman–Crippen MR) is 92.6 cm³/mol. The van der Waals surface area contributed by atoms with Gasteiger partial charge < -0.3 is 11.2 Å². The van der Waals surface area contributed by atoms with Crippen LogP contribution in [-0.2, 0) is 11.0 Å². The molecule has 0 saturated heterocycles. The molecular formula is C15H15ClF3N5OS. The number of aromatic nitrogens is 3. The minimum absolute atomic E-state index is 0.0153. The summed E-state index contributed by atoms with van der Waals surface area (Å²) in [6.45, 7) is 1.59. The first-order valence-electron chi connectivity index (χ1n) is 7.71. The number of benzene rings is 1. The standard InChI is InChI=1S/C15H15ClF3N5OS/c1-7(26-14-23-22-12(24(14)20)8-2-3-8)13(25)21-11-6-9(15(17,18)19)4-5-10(11)16/h4-8H,2-3,20H2,1H3,(H,21,25)/t7-/m1/s1. The fraction of sp³-hybridized carbons (Fsp3) is 0.400. The molecule has 3 rings (SSSR count). The summed E-state index contributed by atoms with van der Waals surface area (Å²) in [6, 6.07) is 2.75. The Labute approximate surface area is 156 Å². The summed E-state index contributed by atoms with van der Waals surface area (Å²) in [7, 11) is 0. The molecule has 26 heavy (non-hydrogen) atoms. The summed E-state index contributed by atoms with van der Waals surface area (Å²) >= 11 is 6.96. The van der Waals surface area contributed by atoms with Crippen LogP contribution < -0.4 is 11.2 Å². The number of nitrogens with one attached hydrogen (secondary N) is 1. The van der Waals surface area contributed by atoms with Crippen LogP contribution in [0, 0.1) is 0 Å². The highest BCUT2D eigenvalue weighted by Gasteiger charge is 2.32. The zero-order chi connectivity index (χ0) is 19.1. The first kappa shape index (κ1) is 18.8. The Hall–Kier alpha value is -1.94. The highest BCUT2D eigenvalue weighted by atomic mass is 35.5. The van der Waals surface area contributed by atoms with E-state index in [1.807, 2.05) is 0 Å². The summed E-state index contributed by atoms with van der Waals surface area (Å²) in [5.41, 5.74) is -1.000. The number of rotatable bonds is 5. The van der Waals surface area contributed by atoms with Gasteiger partial charge in [-0.05, 0) is 38.0 Å². The van der Waals surface area contributed by atoms with Crippen LogP contribution in [0.25, 0.3) is 0 Å². The quantitative estimate of drug-likeness (QED) is 0.585. The zero-order valence-electron chi connectivity index (χ0n) is 13.5. The molecule has 1 atom stereocenters. The van der Waals surface area contributed by atoms with Crippen molar-refractivity contribution < 1.29 is 18.0 Å². The normalized spacial score (nSPS) is 15.7. The maximum Gasteiger partial charge on any atom is 0.416 e. The van der Waals surface area contributed by atoms with Crippen LogP contribution in [0.4, 0.5) is 18.9 Å². The van der Waals surface area contributed by atoms with Crippen LogP contribution in [-0.4, -0.2) is 26.0 Å². The molecule has 1 aliphatic rings. The number of nitrogens with zero attached hydrogens (tertiary/aromatic N) is 3. The number of alkyl halides is 3. The zero-order valence-corrected chi connectivity index (χ0v) is 15.1. The van der Waals surface area contributed by atoms with Crippen molar-refractivity contribution in [1.82, 2.24) is 14.9 Å². The number of hydrogen-bond acceptors (Lipinski definition) is 5. The average molecular weight is 406 g/mol. The molecule has 6 nitrogen and oxygen atoms in total. The van der Waals surface area contributed by atoms with Crippen molar-refractivity contribution in [2.45, 2.75) is 42.3 Å². The molecule has 1 saturated carbocycles. The number of nitrogen functional groups attached to an aromatic ring is 1. The SMILES string of the molecule is C[C@@H](Sc1nnc(C2CC2)n1N)C(=O)Nc1cc(C(F)(F)F)ccc1Cl. The molecule has 1 aromatic carbocycles. The van der Waals surface area contributed by atoms with Crippen molar-refractivity contribution in [3.63, 3.8) is 0 Å². The van der Waals surface area contributed by atoms with Gasteiger partial charge in [0.25, 0.3) is 0 Å². The van der Waals surface area contributed by atoms with Crippen molar-refractivity contribution in [2.24, 2.45) is 0 Å². The molecule has 1 fully saturated rings. The second-order valence-corrected chi connectivity index (χ2v) is 7.64. The minimum Gasteiger partial charge on any atom is -0.336 e. The van der Waals surface area contributed by atoms with Crippen LogP contribution >= 0.6 is 23.4 Å². The van der Waals surface area contributed by atoms with Crippen molar-refractivity contribution >= 4 is 35.0 Å². The van der Waals surface area contributed by atoms with Gasteiger partial charge in [-0.25, -0.2) is 4.68 Å². The van der Waals surface area contributed by atoms with Gasteiger partial charge >= 0.3 is 6.18 Å². The number of halogens is 4. The van der Waals surface area contributed by atoms with Gasteiger partial charge in [0.05, 0.1) is 21.5 Å². The summed E-state index contributed by atoms with van der Waals surface area (Å²) in [5.74, 6) is 6.38. The van der Waals surface area contributed by atoms with Gasteiger partial charge in [0.1, 0.15) is 0 Å². The number of hydrogen-bond donors (Lipinski definition) is 2. The van der Waals surface area contributed by atoms with Gasteiger partial charge in [0.15, 0.2) is 5.82 Å². The smallest absolute Gasteiger partial charge is 0.336 e. The van der Waals surface area contributed by atoms with E-state index in [2.05, 4.69) is 15.5 Å². The predicted octanol–water partition coefficient (Wildman–Crippen LogP) is 3.66. The number of anilines is 1. The van der Waals surface area contributed by atoms with Crippen LogP contribution in [0.5, 0.6) is 0 Å². The van der Waals surface area contributed by atoms with Crippen LogP contribution in [0.3, 0.4) is 0 Å². The fourth-order valence-electron chi connectivity index (χ4n) is 2.23. The summed E-state index contributed by atoms with van der Waals surface area (Å²) in [4.78, 5) is 12.3. The molecule has 2 aromatic rings. The van der Waals surface area contributed by atoms with Gasteiger partial charge in [0.2, 0.25) is 11.1 Å². The Morgan fingerprint density at radius 1 is 1.42 bits per heavy atom. The number of carbonyl (C=O) groups excluding carboxylic acids is 1. The van der Waals surface area contributed by atoms with E-state index in [0.29, 0.717) is 16.9 Å². The third-order valence-electron chi connectivity index (χ3n) is 3.84. The van der Waals surface area contributed by atoms with Gasteiger partial charge in [-0.15, -0.1) is 10.2 Å². The molecule has 0 aliphatic heterocycles. The van der Waals surface area contributed by atoms with Gasteiger partial charge in [-0.1, -0.05) is 23.4 Å². The van der Waals surface area contributed by atoms with Crippen LogP contribution in [0.15, 0.2) is 23.4 Å². The molecule has 0 bridgehead atoms. The Morgan fingerprint density at radius 3 is 2.73 bits per heavy atom. The lowest BCUT2D eigenvalue weighted by atomic mass is 10.2. The van der Waals surface area contributed by atoms with E-state index < -0.39 is 22.9 Å². The second-order valence-electron chi connectivity index (χ2n) is 5.93. The van der Waals surface area contributed by atoms with Gasteiger partial charge in [-0.3, -0.25) is 4.79 Å². The van der Waals surface area contributed by atoms with E-state index in [1.54, 1.807) is 6.92 Å². The lowest BCUT2D eigenvalue weighted by molar-refractivity contribution is -0.137. The third-order valence-corrected chi connectivity index (χ3v) is 5.22. The summed E-state index contributed by atoms with van der Waals surface area (Å²) in [5, 5.41) is 10.1. The Kier molecular flexibility index (Phi) is 5.07. The molecular weight excluding hydrogens is 391 g/mol. The molecule has 0 radical (unpaired) electrons. The maximum absolute atomic E-state index is 12.8. The highest BCUT2D eigenvalue weighted by Crippen LogP contribution is 2.39. The Morgan fingerprint density at radius 2 is 2.12 bits per heavy atom. The number of carbonyl (C=O) groups is 1. The van der Waals surface area contributed by atoms with Crippen molar-refractivity contribution in [1.29, 1.82) is 0 Å². The number of nitrogens with two attached hydrogens (primary N) is 1. The molecule has 1 heterocycles. The molecule has 1 amide bonds. The number of amides is 1. The molecule has 0 unspecified atom stereocenters.